The van der Waals surface area contributed by atoms with Crippen LogP contribution in [0.2, 0.25) is 5.02 Å². The molecule has 2 N–H and O–H groups in total. The van der Waals surface area contributed by atoms with Crippen LogP contribution >= 0.6 is 23.8 Å². The van der Waals surface area contributed by atoms with Gasteiger partial charge in [-0.05, 0) is 92.5 Å². The number of anilines is 1. The number of halogens is 1. The number of benzene rings is 2. The van der Waals surface area contributed by atoms with E-state index in [1.165, 1.54) is 16.5 Å². The molecule has 0 fully saturated rings. The lowest BCUT2D eigenvalue weighted by Crippen LogP contribution is -2.36. The molecule has 0 spiro atoms. The van der Waals surface area contributed by atoms with E-state index in [9.17, 15) is 0 Å². The lowest BCUT2D eigenvalue weighted by molar-refractivity contribution is 0.417. The summed E-state index contributed by atoms with van der Waals surface area (Å²) in [5.74, 6) is 0. The lowest BCUT2D eigenvalue weighted by atomic mass is 10.1. The zero-order valence-corrected chi connectivity index (χ0v) is 20.1. The minimum absolute atomic E-state index is 0.639. The summed E-state index contributed by atoms with van der Waals surface area (Å²) in [6.07, 6.45) is 2.66. The Kier molecular flexibility index (Phi) is 6.77. The number of fused-ring (bicyclic) bond motifs is 1. The zero-order chi connectivity index (χ0) is 22.7. The molecule has 0 aliphatic rings. The van der Waals surface area contributed by atoms with Crippen LogP contribution in [0, 0.1) is 20.8 Å². The molecule has 0 saturated heterocycles. The number of pyridine rings is 1. The van der Waals surface area contributed by atoms with Crippen LogP contribution in [0.15, 0.2) is 60.8 Å². The Hall–Kier alpha value is -2.89. The molecule has 0 amide bonds. The number of rotatable bonds is 6. The number of nitrogens with one attached hydrogen (secondary N) is 2. The van der Waals surface area contributed by atoms with Crippen LogP contribution in [-0.4, -0.2) is 26.5 Å². The summed E-state index contributed by atoms with van der Waals surface area (Å²) in [5, 5.41) is 6.07. The maximum absolute atomic E-state index is 6.27. The van der Waals surface area contributed by atoms with Gasteiger partial charge in [-0.3, -0.25) is 4.98 Å². The van der Waals surface area contributed by atoms with Gasteiger partial charge in [0.1, 0.15) is 0 Å². The number of hydrogen-bond donors (Lipinski definition) is 2. The summed E-state index contributed by atoms with van der Waals surface area (Å²) >= 11 is 12.1. The van der Waals surface area contributed by atoms with Gasteiger partial charge >= 0.3 is 0 Å². The van der Waals surface area contributed by atoms with Gasteiger partial charge in [0.25, 0.3) is 0 Å². The molecule has 0 aliphatic carbocycles. The Morgan fingerprint density at radius 3 is 2.72 bits per heavy atom. The fourth-order valence-corrected chi connectivity index (χ4v) is 4.37. The molecule has 164 valence electrons. The summed E-state index contributed by atoms with van der Waals surface area (Å²) in [4.78, 5) is 10.2. The average molecular weight is 463 g/mol. The van der Waals surface area contributed by atoms with Gasteiger partial charge in [-0.15, -0.1) is 0 Å². The molecule has 2 aromatic carbocycles. The second-order valence-electron chi connectivity index (χ2n) is 8.16. The number of hydrogen-bond acceptors (Lipinski definition) is 2. The number of aryl methyl sites for hydroxylation is 3. The van der Waals surface area contributed by atoms with Gasteiger partial charge in [0.05, 0.1) is 12.2 Å². The number of thiocarbonyl (C=S) groups is 1. The quantitative estimate of drug-likeness (QED) is 0.317. The van der Waals surface area contributed by atoms with Gasteiger partial charge in [0, 0.05) is 40.0 Å². The largest absolute Gasteiger partial charge is 0.358 e. The monoisotopic (exact) mass is 462 g/mol. The first-order valence-electron chi connectivity index (χ1n) is 10.7. The third kappa shape index (κ3) is 5.12. The molecule has 32 heavy (non-hydrogen) atoms. The topological polar surface area (TPSA) is 44.0 Å². The number of aromatic nitrogens is 2. The molecule has 2 heterocycles. The van der Waals surface area contributed by atoms with Gasteiger partial charge in [0.2, 0.25) is 0 Å². The number of H-pyrrole nitrogens is 1. The van der Waals surface area contributed by atoms with Crippen molar-refractivity contribution in [3.8, 4) is 0 Å². The summed E-state index contributed by atoms with van der Waals surface area (Å²) in [6.45, 7) is 7.68. The lowest BCUT2D eigenvalue weighted by Gasteiger charge is -2.26. The second kappa shape index (κ2) is 9.72. The van der Waals surface area contributed by atoms with E-state index in [2.05, 4.69) is 59.2 Å². The molecule has 0 atom stereocenters. The van der Waals surface area contributed by atoms with Crippen molar-refractivity contribution in [1.29, 1.82) is 0 Å². The van der Waals surface area contributed by atoms with Crippen LogP contribution in [0.25, 0.3) is 10.9 Å². The van der Waals surface area contributed by atoms with E-state index in [1.54, 1.807) is 0 Å². The van der Waals surface area contributed by atoms with Gasteiger partial charge in [-0.25, -0.2) is 0 Å². The minimum atomic E-state index is 0.639. The molecule has 4 rings (SSSR count). The van der Waals surface area contributed by atoms with Gasteiger partial charge in [0.15, 0.2) is 5.11 Å². The first-order valence-corrected chi connectivity index (χ1v) is 11.5. The third-order valence-corrected chi connectivity index (χ3v) is 6.31. The zero-order valence-electron chi connectivity index (χ0n) is 18.6. The predicted octanol–water partition coefficient (Wildman–Crippen LogP) is 6.58. The minimum Gasteiger partial charge on any atom is -0.358 e. The molecule has 0 saturated carbocycles. The summed E-state index contributed by atoms with van der Waals surface area (Å²) < 4.78 is 0. The van der Waals surface area contributed by atoms with E-state index in [1.807, 2.05) is 42.6 Å². The van der Waals surface area contributed by atoms with Gasteiger partial charge in [-0.2, -0.15) is 0 Å². The van der Waals surface area contributed by atoms with E-state index >= 15 is 0 Å². The number of nitrogens with zero attached hydrogens (tertiary/aromatic N) is 2. The van der Waals surface area contributed by atoms with Crippen LogP contribution in [0.3, 0.4) is 0 Å². The van der Waals surface area contributed by atoms with Crippen molar-refractivity contribution in [2.75, 3.05) is 11.9 Å². The van der Waals surface area contributed by atoms with Crippen molar-refractivity contribution in [3.63, 3.8) is 0 Å². The molecule has 6 heteroatoms. The third-order valence-electron chi connectivity index (χ3n) is 5.71. The van der Waals surface area contributed by atoms with Crippen LogP contribution in [-0.2, 0) is 13.0 Å². The van der Waals surface area contributed by atoms with Crippen molar-refractivity contribution in [1.82, 2.24) is 14.9 Å². The highest BCUT2D eigenvalue weighted by Gasteiger charge is 2.16. The molecule has 4 aromatic rings. The van der Waals surface area contributed by atoms with Crippen molar-refractivity contribution in [2.45, 2.75) is 33.7 Å². The predicted molar refractivity (Wildman–Crippen MR) is 139 cm³/mol. The standard InChI is InChI=1S/C26H27ClN4S/c1-17-7-8-18(2)25(14-17)30-26(32)31(16-21-6-4-5-12-28-21)13-11-22-19(3)29-24-10-9-20(27)15-23(22)24/h4-10,12,14-15,29H,11,13,16H2,1-3H3,(H,30,32). The highest BCUT2D eigenvalue weighted by molar-refractivity contribution is 7.80. The first-order chi connectivity index (χ1) is 15.4. The van der Waals surface area contributed by atoms with Crippen molar-refractivity contribution >= 4 is 45.5 Å². The normalized spacial score (nSPS) is 11.0. The average Bonchev–Trinajstić information content (AvgIpc) is 3.08. The van der Waals surface area contributed by atoms with Crippen LogP contribution in [0.4, 0.5) is 5.69 Å². The summed E-state index contributed by atoms with van der Waals surface area (Å²) in [5.41, 5.74) is 7.92. The molecule has 0 bridgehead atoms. The highest BCUT2D eigenvalue weighted by Crippen LogP contribution is 2.26. The summed E-state index contributed by atoms with van der Waals surface area (Å²) in [7, 11) is 0. The maximum Gasteiger partial charge on any atom is 0.173 e. The molecular weight excluding hydrogens is 436 g/mol. The molecular formula is C26H27ClN4S. The van der Waals surface area contributed by atoms with Gasteiger partial charge in [-0.1, -0.05) is 29.8 Å². The molecule has 0 radical (unpaired) electrons. The Bertz CT molecular complexity index is 1250. The smallest absolute Gasteiger partial charge is 0.173 e. The highest BCUT2D eigenvalue weighted by atomic mass is 35.5. The van der Waals surface area contributed by atoms with Crippen molar-refractivity contribution in [3.05, 3.63) is 93.9 Å². The van der Waals surface area contributed by atoms with Gasteiger partial charge < -0.3 is 15.2 Å². The second-order valence-corrected chi connectivity index (χ2v) is 8.98. The van der Waals surface area contributed by atoms with E-state index in [0.29, 0.717) is 11.7 Å². The van der Waals surface area contributed by atoms with Crippen LogP contribution in [0.1, 0.15) is 28.1 Å². The van der Waals surface area contributed by atoms with E-state index < -0.39 is 0 Å². The Morgan fingerprint density at radius 2 is 1.94 bits per heavy atom. The van der Waals surface area contributed by atoms with Crippen molar-refractivity contribution in [2.24, 2.45) is 0 Å². The molecule has 0 unspecified atom stereocenters. The molecule has 2 aromatic heterocycles. The maximum atomic E-state index is 6.27. The molecule has 0 aliphatic heterocycles. The van der Waals surface area contributed by atoms with E-state index in [-0.39, 0.29) is 0 Å². The fourth-order valence-electron chi connectivity index (χ4n) is 3.93. The Labute approximate surface area is 199 Å². The van der Waals surface area contributed by atoms with E-state index in [4.69, 9.17) is 23.8 Å². The van der Waals surface area contributed by atoms with Crippen LogP contribution in [0.5, 0.6) is 0 Å². The Balaban J connectivity index is 1.58. The van der Waals surface area contributed by atoms with Crippen LogP contribution < -0.4 is 5.32 Å². The number of aromatic amines is 1. The summed E-state index contributed by atoms with van der Waals surface area (Å²) in [6, 6.07) is 18.3. The fraction of sp³-hybridized carbons (Fsp3) is 0.231. The van der Waals surface area contributed by atoms with E-state index in [0.717, 1.165) is 46.1 Å². The molecule has 4 nitrogen and oxygen atoms in total. The first kappa shape index (κ1) is 22.3. The van der Waals surface area contributed by atoms with Crippen molar-refractivity contribution < 1.29 is 0 Å². The SMILES string of the molecule is Cc1ccc(C)c(NC(=S)N(CCc2c(C)[nH]c3ccc(Cl)cc23)Cc2ccccn2)c1. The Morgan fingerprint density at radius 1 is 1.09 bits per heavy atom.